The van der Waals surface area contributed by atoms with E-state index in [0.29, 0.717) is 18.6 Å². The number of thiazole rings is 1. The number of anilines is 1. The zero-order chi connectivity index (χ0) is 13.1. The SMILES string of the molecule is COCc1nc(N2CCCC(C)C2C)sc1CO. The first-order valence-corrected chi connectivity index (χ1v) is 7.34. The van der Waals surface area contributed by atoms with Crippen molar-refractivity contribution >= 4 is 16.5 Å². The molecule has 1 fully saturated rings. The van der Waals surface area contributed by atoms with Crippen molar-refractivity contribution in [1.29, 1.82) is 0 Å². The maximum Gasteiger partial charge on any atom is 0.186 e. The summed E-state index contributed by atoms with van der Waals surface area (Å²) < 4.78 is 5.13. The molecule has 0 radical (unpaired) electrons. The van der Waals surface area contributed by atoms with Gasteiger partial charge < -0.3 is 14.7 Å². The number of methoxy groups -OCH3 is 1. The summed E-state index contributed by atoms with van der Waals surface area (Å²) in [4.78, 5) is 7.94. The van der Waals surface area contributed by atoms with Crippen LogP contribution in [0.25, 0.3) is 0 Å². The van der Waals surface area contributed by atoms with E-state index in [1.807, 2.05) is 0 Å². The van der Waals surface area contributed by atoms with E-state index in [-0.39, 0.29) is 6.61 Å². The highest BCUT2D eigenvalue weighted by atomic mass is 32.1. The highest BCUT2D eigenvalue weighted by molar-refractivity contribution is 7.15. The molecule has 1 aliphatic rings. The second-order valence-electron chi connectivity index (χ2n) is 5.01. The largest absolute Gasteiger partial charge is 0.391 e. The molecule has 0 amide bonds. The van der Waals surface area contributed by atoms with Crippen LogP contribution in [-0.4, -0.2) is 29.8 Å². The van der Waals surface area contributed by atoms with Crippen molar-refractivity contribution in [2.24, 2.45) is 5.92 Å². The van der Waals surface area contributed by atoms with Crippen molar-refractivity contribution in [2.75, 3.05) is 18.6 Å². The van der Waals surface area contributed by atoms with E-state index in [2.05, 4.69) is 23.7 Å². The molecule has 1 N–H and O–H groups in total. The topological polar surface area (TPSA) is 45.6 Å². The highest BCUT2D eigenvalue weighted by Crippen LogP contribution is 2.33. The van der Waals surface area contributed by atoms with Crippen LogP contribution in [0, 0.1) is 5.92 Å². The van der Waals surface area contributed by atoms with Gasteiger partial charge in [-0.15, -0.1) is 0 Å². The molecule has 102 valence electrons. The zero-order valence-corrected chi connectivity index (χ0v) is 12.2. The van der Waals surface area contributed by atoms with Crippen LogP contribution in [0.4, 0.5) is 5.13 Å². The number of aromatic nitrogens is 1. The summed E-state index contributed by atoms with van der Waals surface area (Å²) in [5, 5.41) is 10.4. The third kappa shape index (κ3) is 2.68. The van der Waals surface area contributed by atoms with Gasteiger partial charge in [0.15, 0.2) is 5.13 Å². The Hall–Kier alpha value is -0.650. The Bertz CT molecular complexity index is 394. The Morgan fingerprint density at radius 3 is 2.94 bits per heavy atom. The molecule has 2 atom stereocenters. The van der Waals surface area contributed by atoms with Crippen LogP contribution in [0.1, 0.15) is 37.3 Å². The summed E-state index contributed by atoms with van der Waals surface area (Å²) in [6.07, 6.45) is 2.51. The van der Waals surface area contributed by atoms with Crippen LogP contribution < -0.4 is 4.90 Å². The molecule has 18 heavy (non-hydrogen) atoms. The van der Waals surface area contributed by atoms with Gasteiger partial charge in [-0.3, -0.25) is 0 Å². The number of rotatable bonds is 4. The van der Waals surface area contributed by atoms with E-state index < -0.39 is 0 Å². The average molecular weight is 270 g/mol. The lowest BCUT2D eigenvalue weighted by Crippen LogP contribution is -2.42. The van der Waals surface area contributed by atoms with Gasteiger partial charge in [-0.1, -0.05) is 18.3 Å². The van der Waals surface area contributed by atoms with Crippen molar-refractivity contribution in [3.63, 3.8) is 0 Å². The van der Waals surface area contributed by atoms with E-state index in [1.165, 1.54) is 12.8 Å². The molecule has 2 rings (SSSR count). The molecule has 1 aromatic heterocycles. The second kappa shape index (κ2) is 5.99. The Labute approximate surface area is 113 Å². The minimum Gasteiger partial charge on any atom is -0.391 e. The summed E-state index contributed by atoms with van der Waals surface area (Å²) >= 11 is 1.60. The van der Waals surface area contributed by atoms with E-state index in [9.17, 15) is 5.11 Å². The number of aliphatic hydroxyl groups is 1. The molecule has 2 heterocycles. The molecule has 0 spiro atoms. The van der Waals surface area contributed by atoms with Crippen molar-refractivity contribution in [1.82, 2.24) is 4.98 Å². The van der Waals surface area contributed by atoms with E-state index in [1.54, 1.807) is 18.4 Å². The van der Waals surface area contributed by atoms with Gasteiger partial charge in [0.2, 0.25) is 0 Å². The average Bonchev–Trinajstić information content (AvgIpc) is 2.76. The molecule has 1 aliphatic heterocycles. The fourth-order valence-electron chi connectivity index (χ4n) is 2.47. The first kappa shape index (κ1) is 13.8. The summed E-state index contributed by atoms with van der Waals surface area (Å²) in [5.74, 6) is 0.700. The predicted molar refractivity (Wildman–Crippen MR) is 74.0 cm³/mol. The Morgan fingerprint density at radius 2 is 2.28 bits per heavy atom. The highest BCUT2D eigenvalue weighted by Gasteiger charge is 2.27. The molecule has 2 unspecified atom stereocenters. The Kier molecular flexibility index (Phi) is 4.59. The molecule has 1 aromatic rings. The van der Waals surface area contributed by atoms with Crippen LogP contribution >= 0.6 is 11.3 Å². The number of nitrogens with zero attached hydrogens (tertiary/aromatic N) is 2. The first-order valence-electron chi connectivity index (χ1n) is 6.52. The second-order valence-corrected chi connectivity index (χ2v) is 6.07. The van der Waals surface area contributed by atoms with E-state index in [0.717, 1.165) is 22.2 Å². The summed E-state index contributed by atoms with van der Waals surface area (Å²) in [6.45, 7) is 6.15. The lowest BCUT2D eigenvalue weighted by Gasteiger charge is -2.37. The molecule has 0 bridgehead atoms. The third-order valence-electron chi connectivity index (χ3n) is 3.81. The molecule has 5 heteroatoms. The standard InChI is InChI=1S/C13H22N2O2S/c1-9-5-4-6-15(10(9)2)13-14-11(8-17-3)12(7-16)18-13/h9-10,16H,4-8H2,1-3H3. The van der Waals surface area contributed by atoms with Crippen LogP contribution in [0.15, 0.2) is 0 Å². The van der Waals surface area contributed by atoms with Crippen molar-refractivity contribution < 1.29 is 9.84 Å². The van der Waals surface area contributed by atoms with Crippen molar-refractivity contribution in [3.8, 4) is 0 Å². The predicted octanol–water partition coefficient (Wildman–Crippen LogP) is 2.41. The first-order chi connectivity index (χ1) is 8.67. The number of hydrogen-bond acceptors (Lipinski definition) is 5. The Morgan fingerprint density at radius 1 is 1.50 bits per heavy atom. The Balaban J connectivity index is 2.21. The zero-order valence-electron chi connectivity index (χ0n) is 11.3. The molecule has 1 saturated heterocycles. The van der Waals surface area contributed by atoms with Gasteiger partial charge >= 0.3 is 0 Å². The fourth-order valence-corrected chi connectivity index (χ4v) is 3.51. The van der Waals surface area contributed by atoms with Gasteiger partial charge in [-0.2, -0.15) is 0 Å². The van der Waals surface area contributed by atoms with E-state index >= 15 is 0 Å². The minimum atomic E-state index is 0.0497. The molecule has 4 nitrogen and oxygen atoms in total. The van der Waals surface area contributed by atoms with Gasteiger partial charge in [0.1, 0.15) is 0 Å². The van der Waals surface area contributed by atoms with Crippen molar-refractivity contribution in [3.05, 3.63) is 10.6 Å². The van der Waals surface area contributed by atoms with E-state index in [4.69, 9.17) is 4.74 Å². The smallest absolute Gasteiger partial charge is 0.186 e. The number of aliphatic hydroxyl groups excluding tert-OH is 1. The van der Waals surface area contributed by atoms with Gasteiger partial charge in [0.05, 0.1) is 23.8 Å². The summed E-state index contributed by atoms with van der Waals surface area (Å²) in [5.41, 5.74) is 0.880. The van der Waals surface area contributed by atoms with Gasteiger partial charge in [-0.05, 0) is 25.7 Å². The maximum absolute atomic E-state index is 9.37. The van der Waals surface area contributed by atoms with Crippen LogP contribution in [-0.2, 0) is 18.0 Å². The monoisotopic (exact) mass is 270 g/mol. The molecular weight excluding hydrogens is 248 g/mol. The minimum absolute atomic E-state index is 0.0497. The number of ether oxygens (including phenoxy) is 1. The third-order valence-corrected chi connectivity index (χ3v) is 4.93. The normalized spacial score (nSPS) is 24.6. The van der Waals surface area contributed by atoms with Gasteiger partial charge in [-0.25, -0.2) is 4.98 Å². The quantitative estimate of drug-likeness (QED) is 0.912. The lowest BCUT2D eigenvalue weighted by molar-refractivity contribution is 0.179. The number of piperidine rings is 1. The lowest BCUT2D eigenvalue weighted by atomic mass is 9.93. The molecule has 0 saturated carbocycles. The molecular formula is C13H22N2O2S. The van der Waals surface area contributed by atoms with Crippen LogP contribution in [0.5, 0.6) is 0 Å². The number of hydrogen-bond donors (Lipinski definition) is 1. The van der Waals surface area contributed by atoms with Gasteiger partial charge in [0.25, 0.3) is 0 Å². The molecule has 0 aliphatic carbocycles. The van der Waals surface area contributed by atoms with Crippen molar-refractivity contribution in [2.45, 2.75) is 45.9 Å². The summed E-state index contributed by atoms with van der Waals surface area (Å²) in [7, 11) is 1.66. The molecule has 0 aromatic carbocycles. The van der Waals surface area contributed by atoms with Gasteiger partial charge in [0, 0.05) is 19.7 Å². The van der Waals surface area contributed by atoms with Crippen LogP contribution in [0.3, 0.4) is 0 Å². The summed E-state index contributed by atoms with van der Waals surface area (Å²) in [6, 6.07) is 0.520. The van der Waals surface area contributed by atoms with Crippen LogP contribution in [0.2, 0.25) is 0 Å². The maximum atomic E-state index is 9.37. The fraction of sp³-hybridized carbons (Fsp3) is 0.769.